The lowest BCUT2D eigenvalue weighted by Gasteiger charge is -2.32. The van der Waals surface area contributed by atoms with Crippen molar-refractivity contribution in [2.75, 3.05) is 6.54 Å². The van der Waals surface area contributed by atoms with Gasteiger partial charge in [0, 0.05) is 35.1 Å². The summed E-state index contributed by atoms with van der Waals surface area (Å²) in [4.78, 5) is 25.9. The predicted octanol–water partition coefficient (Wildman–Crippen LogP) is 4.13. The molecule has 4 rings (SSSR count). The molecule has 0 aromatic rings. The first-order chi connectivity index (χ1) is 11.5. The second-order valence-electron chi connectivity index (χ2n) is 10.7. The van der Waals surface area contributed by atoms with Gasteiger partial charge in [-0.25, -0.2) is 0 Å². The summed E-state index contributed by atoms with van der Waals surface area (Å²) in [6, 6.07) is 0. The van der Waals surface area contributed by atoms with Crippen molar-refractivity contribution in [3.05, 3.63) is 11.8 Å². The van der Waals surface area contributed by atoms with Crippen molar-refractivity contribution >= 4 is 11.6 Å². The number of Topliss-reactive ketones (excluding diaryl/α,β-unsaturated/α-hetero) is 2. The number of hydrogen-bond donors (Lipinski definition) is 1. The van der Waals surface area contributed by atoms with Crippen molar-refractivity contribution in [3.8, 4) is 0 Å². The van der Waals surface area contributed by atoms with Crippen LogP contribution >= 0.6 is 0 Å². The van der Waals surface area contributed by atoms with Crippen molar-refractivity contribution in [1.29, 1.82) is 0 Å². The van der Waals surface area contributed by atoms with E-state index in [4.69, 9.17) is 0 Å². The lowest BCUT2D eigenvalue weighted by molar-refractivity contribution is -0.131. The molecule has 0 heterocycles. The third-order valence-electron chi connectivity index (χ3n) is 9.63. The van der Waals surface area contributed by atoms with Crippen LogP contribution in [0.15, 0.2) is 11.8 Å². The maximum Gasteiger partial charge on any atom is 0.167 e. The molecule has 138 valence electrons. The van der Waals surface area contributed by atoms with Crippen molar-refractivity contribution in [1.82, 2.24) is 5.32 Å². The molecule has 0 radical (unpaired) electrons. The van der Waals surface area contributed by atoms with E-state index in [1.54, 1.807) is 0 Å². The second kappa shape index (κ2) is 4.78. The van der Waals surface area contributed by atoms with Crippen LogP contribution in [-0.4, -0.2) is 18.1 Å². The maximum absolute atomic E-state index is 12.9. The van der Waals surface area contributed by atoms with E-state index in [0.29, 0.717) is 29.9 Å². The van der Waals surface area contributed by atoms with Gasteiger partial charge in [-0.3, -0.25) is 9.59 Å². The zero-order chi connectivity index (χ0) is 18.4. The highest BCUT2D eigenvalue weighted by Gasteiger charge is 2.66. The Labute approximate surface area is 152 Å². The maximum atomic E-state index is 12.9. The molecule has 1 N–H and O–H groups in total. The molecule has 4 saturated carbocycles. The molecule has 3 heteroatoms. The fourth-order valence-electron chi connectivity index (χ4n) is 6.90. The fraction of sp³-hybridized carbons (Fsp3) is 0.818. The number of ketones is 2. The summed E-state index contributed by atoms with van der Waals surface area (Å²) >= 11 is 0. The number of carbonyl (C=O) groups excluding carboxylic acids is 2. The molecule has 0 amide bonds. The van der Waals surface area contributed by atoms with Gasteiger partial charge in [0.1, 0.15) is 5.78 Å². The summed E-state index contributed by atoms with van der Waals surface area (Å²) in [6.45, 7) is 14.0. The average Bonchev–Trinajstić information content (AvgIpc) is 3.01. The summed E-state index contributed by atoms with van der Waals surface area (Å²) < 4.78 is 0. The quantitative estimate of drug-likeness (QED) is 0.784. The zero-order valence-corrected chi connectivity index (χ0v) is 16.7. The summed E-state index contributed by atoms with van der Waals surface area (Å²) in [5, 5.41) is 3.41. The van der Waals surface area contributed by atoms with Crippen LogP contribution in [-0.2, 0) is 9.59 Å². The standard InChI is InChI=1S/C22H33NO2/c1-19(2)15-7-9-21(19,5)17(24)13(15)11-23-12-14-16-8-10-22(6,18(14)25)20(16,3)4/h11,14-16,23H,7-10,12H2,1-6H3/b13-11-/t14-,15+,16-,21+,22+/m1/s1. The SMILES string of the molecule is CC1(C)[C@@H]2CC[C@@]1(C)C(=O)[C@@H]2CN/C=C1\C(=O)[C@]2(C)CC[C@@H]1C2(C)C. The van der Waals surface area contributed by atoms with Gasteiger partial charge in [0.15, 0.2) is 5.78 Å². The van der Waals surface area contributed by atoms with Crippen LogP contribution in [0.1, 0.15) is 67.2 Å². The Morgan fingerprint density at radius 3 is 2.12 bits per heavy atom. The van der Waals surface area contributed by atoms with Crippen LogP contribution in [0.4, 0.5) is 0 Å². The minimum atomic E-state index is -0.205. The highest BCUT2D eigenvalue weighted by Crippen LogP contribution is 2.66. The van der Waals surface area contributed by atoms with Crippen LogP contribution in [0.25, 0.3) is 0 Å². The van der Waals surface area contributed by atoms with Gasteiger partial charge in [0.25, 0.3) is 0 Å². The molecule has 0 spiro atoms. The lowest BCUT2D eigenvalue weighted by atomic mass is 9.70. The van der Waals surface area contributed by atoms with E-state index >= 15 is 0 Å². The molecule has 5 atom stereocenters. The Balaban J connectivity index is 1.50. The third kappa shape index (κ3) is 1.78. The Morgan fingerprint density at radius 2 is 1.60 bits per heavy atom. The number of rotatable bonds is 3. The molecule has 4 bridgehead atoms. The number of nitrogens with one attached hydrogen (secondary N) is 1. The van der Waals surface area contributed by atoms with Crippen molar-refractivity contribution in [2.24, 2.45) is 39.4 Å². The fourth-order valence-corrected chi connectivity index (χ4v) is 6.90. The zero-order valence-electron chi connectivity index (χ0n) is 16.7. The Hall–Kier alpha value is -1.12. The monoisotopic (exact) mass is 343 g/mol. The van der Waals surface area contributed by atoms with Gasteiger partial charge in [-0.05, 0) is 48.3 Å². The first-order valence-electron chi connectivity index (χ1n) is 10.0. The van der Waals surface area contributed by atoms with Crippen LogP contribution < -0.4 is 5.32 Å². The number of hydrogen-bond acceptors (Lipinski definition) is 3. The lowest BCUT2D eigenvalue weighted by Crippen LogP contribution is -2.36. The van der Waals surface area contributed by atoms with E-state index < -0.39 is 0 Å². The Kier molecular flexibility index (Phi) is 3.31. The van der Waals surface area contributed by atoms with Gasteiger partial charge in [-0.2, -0.15) is 0 Å². The first kappa shape index (κ1) is 17.3. The van der Waals surface area contributed by atoms with Gasteiger partial charge in [0.05, 0.1) is 0 Å². The predicted molar refractivity (Wildman–Crippen MR) is 98.8 cm³/mol. The molecular formula is C22H33NO2. The van der Waals surface area contributed by atoms with E-state index in [0.717, 1.165) is 31.3 Å². The molecule has 0 aliphatic heterocycles. The number of fused-ring (bicyclic) bond motifs is 4. The smallest absolute Gasteiger partial charge is 0.167 e. The highest BCUT2D eigenvalue weighted by molar-refractivity contribution is 6.04. The van der Waals surface area contributed by atoms with Gasteiger partial charge in [-0.1, -0.05) is 41.5 Å². The summed E-state index contributed by atoms with van der Waals surface area (Å²) in [6.07, 6.45) is 6.28. The summed E-state index contributed by atoms with van der Waals surface area (Å²) in [7, 11) is 0. The Bertz CT molecular complexity index is 688. The molecular weight excluding hydrogens is 310 g/mol. The number of allylic oxidation sites excluding steroid dienone is 1. The molecule has 0 unspecified atom stereocenters. The number of carbonyl (C=O) groups is 2. The summed E-state index contributed by atoms with van der Waals surface area (Å²) in [5.74, 6) is 1.70. The third-order valence-corrected chi connectivity index (χ3v) is 9.63. The van der Waals surface area contributed by atoms with E-state index in [-0.39, 0.29) is 27.6 Å². The molecule has 4 aliphatic carbocycles. The molecule has 4 fully saturated rings. The van der Waals surface area contributed by atoms with Gasteiger partial charge >= 0.3 is 0 Å². The highest BCUT2D eigenvalue weighted by atomic mass is 16.1. The largest absolute Gasteiger partial charge is 0.390 e. The van der Waals surface area contributed by atoms with Crippen LogP contribution in [0.3, 0.4) is 0 Å². The van der Waals surface area contributed by atoms with Crippen molar-refractivity contribution in [2.45, 2.75) is 67.2 Å². The molecule has 0 aromatic carbocycles. The van der Waals surface area contributed by atoms with Gasteiger partial charge in [-0.15, -0.1) is 0 Å². The summed E-state index contributed by atoms with van der Waals surface area (Å²) in [5.41, 5.74) is 0.758. The Morgan fingerprint density at radius 1 is 0.960 bits per heavy atom. The van der Waals surface area contributed by atoms with E-state index in [9.17, 15) is 9.59 Å². The first-order valence-corrected chi connectivity index (χ1v) is 10.0. The van der Waals surface area contributed by atoms with Crippen LogP contribution in [0.2, 0.25) is 0 Å². The minimum Gasteiger partial charge on any atom is -0.390 e. The minimum absolute atomic E-state index is 0.0509. The van der Waals surface area contributed by atoms with Crippen molar-refractivity contribution < 1.29 is 9.59 Å². The molecule has 0 aromatic heterocycles. The van der Waals surface area contributed by atoms with E-state index in [1.807, 2.05) is 6.20 Å². The van der Waals surface area contributed by atoms with Crippen LogP contribution in [0.5, 0.6) is 0 Å². The van der Waals surface area contributed by atoms with E-state index in [1.165, 1.54) is 0 Å². The molecule has 0 saturated heterocycles. The topological polar surface area (TPSA) is 46.2 Å². The van der Waals surface area contributed by atoms with Gasteiger partial charge < -0.3 is 5.32 Å². The van der Waals surface area contributed by atoms with Gasteiger partial charge in [0.2, 0.25) is 0 Å². The van der Waals surface area contributed by atoms with Crippen LogP contribution in [0, 0.1) is 39.4 Å². The molecule has 4 aliphatic rings. The molecule has 25 heavy (non-hydrogen) atoms. The van der Waals surface area contributed by atoms with Crippen molar-refractivity contribution in [3.63, 3.8) is 0 Å². The molecule has 3 nitrogen and oxygen atoms in total. The van der Waals surface area contributed by atoms with E-state index in [2.05, 4.69) is 46.9 Å². The normalized spacial score (nSPS) is 47.9. The average molecular weight is 344 g/mol. The second-order valence-corrected chi connectivity index (χ2v) is 10.7.